The molecule has 1 heterocycles. The van der Waals surface area contributed by atoms with Gasteiger partial charge in [-0.1, -0.05) is 42.8 Å². The van der Waals surface area contributed by atoms with Crippen molar-refractivity contribution in [2.45, 2.75) is 19.3 Å². The van der Waals surface area contributed by atoms with Gasteiger partial charge in [0, 0.05) is 29.1 Å². The lowest BCUT2D eigenvalue weighted by Gasteiger charge is -2.14. The van der Waals surface area contributed by atoms with Gasteiger partial charge >= 0.3 is 12.0 Å². The summed E-state index contributed by atoms with van der Waals surface area (Å²) in [7, 11) is 0. The van der Waals surface area contributed by atoms with Gasteiger partial charge in [0.05, 0.1) is 5.92 Å². The van der Waals surface area contributed by atoms with E-state index in [2.05, 4.69) is 15.6 Å². The fourth-order valence-electron chi connectivity index (χ4n) is 4.03. The van der Waals surface area contributed by atoms with Gasteiger partial charge in [-0.25, -0.2) is 4.79 Å². The number of aliphatic carboxylic acids is 1. The van der Waals surface area contributed by atoms with Crippen LogP contribution in [-0.4, -0.2) is 27.9 Å². The van der Waals surface area contributed by atoms with E-state index >= 15 is 0 Å². The molecule has 1 aliphatic rings. The summed E-state index contributed by atoms with van der Waals surface area (Å²) in [6, 6.07) is 19.6. The van der Waals surface area contributed by atoms with Crippen molar-refractivity contribution in [3.63, 3.8) is 0 Å². The molecule has 0 saturated heterocycles. The molecule has 3 aromatic rings. The molecule has 162 valence electrons. The number of pyridine rings is 1. The van der Waals surface area contributed by atoms with Gasteiger partial charge in [0.2, 0.25) is 0 Å². The lowest BCUT2D eigenvalue weighted by Crippen LogP contribution is -2.25. The Balaban J connectivity index is 1.39. The first-order chi connectivity index (χ1) is 15.5. The third-order valence-electron chi connectivity index (χ3n) is 5.69. The number of benzene rings is 2. The number of anilines is 2. The SMILES string of the molecule is O=C(Nc1ccccc1)Nc1ccc(-c2ccc(C(=O)[C@H]3CCC[C@@H]3C(=O)O)nc2)cc1. The van der Waals surface area contributed by atoms with Crippen LogP contribution in [0.15, 0.2) is 72.9 Å². The molecular weight excluding hydrogens is 406 g/mol. The third kappa shape index (κ3) is 4.83. The second-order valence-corrected chi connectivity index (χ2v) is 7.80. The summed E-state index contributed by atoms with van der Waals surface area (Å²) < 4.78 is 0. The quantitative estimate of drug-likeness (QED) is 0.474. The highest BCUT2D eigenvalue weighted by Gasteiger charge is 2.38. The van der Waals surface area contributed by atoms with Crippen LogP contribution in [-0.2, 0) is 4.79 Å². The lowest BCUT2D eigenvalue weighted by atomic mass is 9.90. The maximum Gasteiger partial charge on any atom is 0.323 e. The Hall–Kier alpha value is -4.00. The zero-order chi connectivity index (χ0) is 22.5. The van der Waals surface area contributed by atoms with E-state index in [0.717, 1.165) is 17.5 Å². The van der Waals surface area contributed by atoms with Crippen LogP contribution in [0.5, 0.6) is 0 Å². The van der Waals surface area contributed by atoms with Crippen molar-refractivity contribution >= 4 is 29.2 Å². The highest BCUT2D eigenvalue weighted by molar-refractivity contribution is 6.00. The fourth-order valence-corrected chi connectivity index (χ4v) is 4.03. The number of amides is 2. The number of carbonyl (C=O) groups excluding carboxylic acids is 2. The van der Waals surface area contributed by atoms with E-state index in [9.17, 15) is 19.5 Å². The van der Waals surface area contributed by atoms with Crippen LogP contribution in [0.1, 0.15) is 29.8 Å². The minimum Gasteiger partial charge on any atom is -0.481 e. The number of carbonyl (C=O) groups is 3. The molecule has 2 aromatic carbocycles. The van der Waals surface area contributed by atoms with Crippen LogP contribution in [0.3, 0.4) is 0 Å². The Labute approximate surface area is 185 Å². The average Bonchev–Trinajstić information content (AvgIpc) is 3.30. The van der Waals surface area contributed by atoms with E-state index in [1.807, 2.05) is 30.3 Å². The number of nitrogens with zero attached hydrogens (tertiary/aromatic N) is 1. The first kappa shape index (κ1) is 21.2. The summed E-state index contributed by atoms with van der Waals surface area (Å²) >= 11 is 0. The van der Waals surface area contributed by atoms with Gasteiger partial charge in [0.1, 0.15) is 5.69 Å². The number of Topliss-reactive ketones (excluding diaryl/α,β-unsaturated/α-hetero) is 1. The second kappa shape index (κ2) is 9.43. The summed E-state index contributed by atoms with van der Waals surface area (Å²) in [5.74, 6) is -2.24. The van der Waals surface area contributed by atoms with E-state index in [4.69, 9.17) is 0 Å². The van der Waals surface area contributed by atoms with Crippen molar-refractivity contribution in [1.82, 2.24) is 4.98 Å². The molecule has 1 aromatic heterocycles. The fraction of sp³-hybridized carbons (Fsp3) is 0.200. The minimum atomic E-state index is -0.913. The molecule has 1 aliphatic carbocycles. The van der Waals surface area contributed by atoms with Crippen LogP contribution >= 0.6 is 0 Å². The molecule has 0 spiro atoms. The van der Waals surface area contributed by atoms with E-state index < -0.39 is 17.8 Å². The molecule has 2 atom stereocenters. The van der Waals surface area contributed by atoms with Crippen molar-refractivity contribution in [3.05, 3.63) is 78.6 Å². The number of ketones is 1. The molecule has 7 nitrogen and oxygen atoms in total. The standard InChI is InChI=1S/C25H23N3O4/c29-23(20-7-4-8-21(20)24(30)31)22-14-11-17(15-26-22)16-9-12-19(13-10-16)28-25(32)27-18-5-2-1-3-6-18/h1-3,5-6,9-15,20-21H,4,7-8H2,(H,30,31)(H2,27,28,32)/t20-,21-/m0/s1. The second-order valence-electron chi connectivity index (χ2n) is 7.80. The maximum absolute atomic E-state index is 12.7. The molecule has 0 radical (unpaired) electrons. The summed E-state index contributed by atoms with van der Waals surface area (Å²) in [5.41, 5.74) is 3.35. The number of hydrogen-bond donors (Lipinski definition) is 3. The van der Waals surface area contributed by atoms with Crippen molar-refractivity contribution in [3.8, 4) is 11.1 Å². The Bertz CT molecular complexity index is 1110. The Morgan fingerprint density at radius 1 is 0.781 bits per heavy atom. The van der Waals surface area contributed by atoms with Crippen molar-refractivity contribution in [1.29, 1.82) is 0 Å². The molecule has 32 heavy (non-hydrogen) atoms. The zero-order valence-corrected chi connectivity index (χ0v) is 17.3. The van der Waals surface area contributed by atoms with E-state index in [1.54, 1.807) is 42.6 Å². The Kier molecular flexibility index (Phi) is 6.26. The van der Waals surface area contributed by atoms with E-state index in [1.165, 1.54) is 0 Å². The molecule has 1 saturated carbocycles. The third-order valence-corrected chi connectivity index (χ3v) is 5.69. The van der Waals surface area contributed by atoms with Crippen LogP contribution in [0.4, 0.5) is 16.2 Å². The first-order valence-electron chi connectivity index (χ1n) is 10.5. The average molecular weight is 429 g/mol. The lowest BCUT2D eigenvalue weighted by molar-refractivity contribution is -0.142. The van der Waals surface area contributed by atoms with Gasteiger partial charge in [0.15, 0.2) is 5.78 Å². The molecule has 7 heteroatoms. The van der Waals surface area contributed by atoms with Crippen LogP contribution in [0.2, 0.25) is 0 Å². The maximum atomic E-state index is 12.7. The molecular formula is C25H23N3O4. The van der Waals surface area contributed by atoms with Crippen LogP contribution in [0, 0.1) is 11.8 Å². The van der Waals surface area contributed by atoms with Crippen LogP contribution < -0.4 is 10.6 Å². The van der Waals surface area contributed by atoms with Crippen molar-refractivity contribution < 1.29 is 19.5 Å². The number of hydrogen-bond acceptors (Lipinski definition) is 4. The molecule has 1 fully saturated rings. The molecule has 0 bridgehead atoms. The van der Waals surface area contributed by atoms with Gasteiger partial charge in [0.25, 0.3) is 0 Å². The first-order valence-corrected chi connectivity index (χ1v) is 10.5. The highest BCUT2D eigenvalue weighted by atomic mass is 16.4. The topological polar surface area (TPSA) is 108 Å². The van der Waals surface area contributed by atoms with Gasteiger partial charge in [-0.2, -0.15) is 0 Å². The molecule has 4 rings (SSSR count). The Morgan fingerprint density at radius 2 is 1.41 bits per heavy atom. The monoisotopic (exact) mass is 429 g/mol. The number of para-hydroxylation sites is 1. The number of urea groups is 1. The molecule has 0 unspecified atom stereocenters. The normalized spacial score (nSPS) is 17.5. The molecule has 3 N–H and O–H groups in total. The predicted molar refractivity (Wildman–Crippen MR) is 122 cm³/mol. The number of nitrogens with one attached hydrogen (secondary N) is 2. The van der Waals surface area contributed by atoms with E-state index in [-0.39, 0.29) is 11.8 Å². The van der Waals surface area contributed by atoms with Gasteiger partial charge in [-0.3, -0.25) is 14.6 Å². The Morgan fingerprint density at radius 3 is 2.03 bits per heavy atom. The molecule has 0 aliphatic heterocycles. The minimum absolute atomic E-state index is 0.203. The summed E-state index contributed by atoms with van der Waals surface area (Å²) in [4.78, 5) is 40.5. The highest BCUT2D eigenvalue weighted by Crippen LogP contribution is 2.34. The number of rotatable bonds is 6. The number of aromatic nitrogens is 1. The predicted octanol–water partition coefficient (Wildman–Crippen LogP) is 5.08. The summed E-state index contributed by atoms with van der Waals surface area (Å²) in [6.07, 6.45) is 3.48. The molecule has 2 amide bonds. The smallest absolute Gasteiger partial charge is 0.323 e. The summed E-state index contributed by atoms with van der Waals surface area (Å²) in [5, 5.41) is 14.9. The van der Waals surface area contributed by atoms with Crippen molar-refractivity contribution in [2.24, 2.45) is 11.8 Å². The van der Waals surface area contributed by atoms with Gasteiger partial charge < -0.3 is 15.7 Å². The largest absolute Gasteiger partial charge is 0.481 e. The van der Waals surface area contributed by atoms with E-state index in [0.29, 0.717) is 29.9 Å². The van der Waals surface area contributed by atoms with Crippen LogP contribution in [0.25, 0.3) is 11.1 Å². The zero-order valence-electron chi connectivity index (χ0n) is 17.3. The van der Waals surface area contributed by atoms with Crippen molar-refractivity contribution in [2.75, 3.05) is 10.6 Å². The van der Waals surface area contributed by atoms with Gasteiger partial charge in [-0.15, -0.1) is 0 Å². The van der Waals surface area contributed by atoms with Gasteiger partial charge in [-0.05, 0) is 48.7 Å². The summed E-state index contributed by atoms with van der Waals surface area (Å²) in [6.45, 7) is 0. The number of carboxylic acid groups (broad SMARTS) is 1. The number of carboxylic acids is 1.